The van der Waals surface area contributed by atoms with E-state index in [-0.39, 0.29) is 6.03 Å². The van der Waals surface area contributed by atoms with E-state index in [1.54, 1.807) is 18.2 Å². The largest absolute Gasteiger partial charge is 0.366 e. The maximum atomic E-state index is 12.2. The Labute approximate surface area is 156 Å². The van der Waals surface area contributed by atoms with Crippen molar-refractivity contribution in [2.45, 2.75) is 52.1 Å². The van der Waals surface area contributed by atoms with E-state index in [4.69, 9.17) is 5.73 Å². The molecule has 0 spiro atoms. The van der Waals surface area contributed by atoms with Crippen molar-refractivity contribution in [3.8, 4) is 0 Å². The molecule has 6 heteroatoms. The molecule has 0 aliphatic carbocycles. The van der Waals surface area contributed by atoms with Crippen LogP contribution in [0.5, 0.6) is 0 Å². The minimum Gasteiger partial charge on any atom is -0.366 e. The fraction of sp³-hybridized carbons (Fsp3) is 0.600. The normalized spacial score (nSPS) is 15.8. The molecule has 6 nitrogen and oxygen atoms in total. The van der Waals surface area contributed by atoms with Gasteiger partial charge in [0.25, 0.3) is 0 Å². The summed E-state index contributed by atoms with van der Waals surface area (Å²) in [6.45, 7) is 7.74. The zero-order chi connectivity index (χ0) is 18.9. The van der Waals surface area contributed by atoms with Crippen molar-refractivity contribution in [2.75, 3.05) is 19.6 Å². The van der Waals surface area contributed by atoms with Gasteiger partial charge in [-0.3, -0.25) is 9.69 Å². The minimum atomic E-state index is -0.463. The molecule has 4 N–H and O–H groups in total. The maximum Gasteiger partial charge on any atom is 0.315 e. The van der Waals surface area contributed by atoms with Crippen LogP contribution in [-0.4, -0.2) is 42.5 Å². The smallest absolute Gasteiger partial charge is 0.315 e. The summed E-state index contributed by atoms with van der Waals surface area (Å²) in [6.07, 6.45) is 4.75. The third-order valence-electron chi connectivity index (χ3n) is 5.34. The molecule has 144 valence electrons. The topological polar surface area (TPSA) is 87.5 Å². The van der Waals surface area contributed by atoms with Crippen LogP contribution in [0.1, 0.15) is 55.5 Å². The van der Waals surface area contributed by atoms with Crippen LogP contribution in [0.4, 0.5) is 4.79 Å². The Balaban J connectivity index is 1.85. The van der Waals surface area contributed by atoms with Gasteiger partial charge in [-0.2, -0.15) is 0 Å². The number of urea groups is 1. The molecule has 1 heterocycles. The van der Waals surface area contributed by atoms with Crippen molar-refractivity contribution in [2.24, 2.45) is 11.7 Å². The number of carbonyl (C=O) groups is 2. The third-order valence-corrected chi connectivity index (χ3v) is 5.34. The summed E-state index contributed by atoms with van der Waals surface area (Å²) in [5.74, 6) is 0.135. The lowest BCUT2D eigenvalue weighted by Crippen LogP contribution is -2.48. The number of hydrogen-bond acceptors (Lipinski definition) is 3. The lowest BCUT2D eigenvalue weighted by Gasteiger charge is -2.33. The van der Waals surface area contributed by atoms with Gasteiger partial charge in [0.2, 0.25) is 5.91 Å². The number of nitrogens with one attached hydrogen (secondary N) is 2. The first-order valence-electron chi connectivity index (χ1n) is 9.69. The van der Waals surface area contributed by atoms with E-state index in [1.807, 2.05) is 6.07 Å². The van der Waals surface area contributed by atoms with Crippen LogP contribution >= 0.6 is 0 Å². The molecule has 1 aliphatic rings. The Hall–Kier alpha value is -2.08. The molecule has 1 atom stereocenters. The summed E-state index contributed by atoms with van der Waals surface area (Å²) in [6, 6.07) is 7.23. The third kappa shape index (κ3) is 5.73. The molecule has 1 aromatic carbocycles. The van der Waals surface area contributed by atoms with Gasteiger partial charge < -0.3 is 16.4 Å². The number of rotatable bonds is 9. The average Bonchev–Trinajstić information content (AvgIpc) is 3.18. The molecule has 0 bridgehead atoms. The van der Waals surface area contributed by atoms with E-state index in [1.165, 1.54) is 12.8 Å². The molecule has 0 aromatic heterocycles. The quantitative estimate of drug-likeness (QED) is 0.632. The Kier molecular flexibility index (Phi) is 7.91. The van der Waals surface area contributed by atoms with Crippen LogP contribution < -0.4 is 16.4 Å². The van der Waals surface area contributed by atoms with Gasteiger partial charge >= 0.3 is 6.03 Å². The van der Waals surface area contributed by atoms with Crippen LogP contribution in [0.15, 0.2) is 24.3 Å². The first-order chi connectivity index (χ1) is 12.5. The molecule has 26 heavy (non-hydrogen) atoms. The molecule has 1 aromatic rings. The van der Waals surface area contributed by atoms with E-state index in [9.17, 15) is 9.59 Å². The predicted octanol–water partition coefficient (Wildman–Crippen LogP) is 2.49. The van der Waals surface area contributed by atoms with Gasteiger partial charge in [-0.05, 0) is 49.5 Å². The Morgan fingerprint density at radius 1 is 1.15 bits per heavy atom. The average molecular weight is 361 g/mol. The molecular formula is C20H32N4O2. The van der Waals surface area contributed by atoms with Crippen molar-refractivity contribution >= 4 is 11.9 Å². The summed E-state index contributed by atoms with van der Waals surface area (Å²) in [7, 11) is 0. The van der Waals surface area contributed by atoms with Gasteiger partial charge in [-0.15, -0.1) is 0 Å². The Morgan fingerprint density at radius 2 is 1.85 bits per heavy atom. The van der Waals surface area contributed by atoms with Crippen LogP contribution in [0.2, 0.25) is 0 Å². The van der Waals surface area contributed by atoms with Gasteiger partial charge in [0.05, 0.1) is 0 Å². The molecular weight excluding hydrogens is 328 g/mol. The minimum absolute atomic E-state index is 0.176. The highest BCUT2D eigenvalue weighted by atomic mass is 16.2. The number of hydrogen-bond donors (Lipinski definition) is 3. The highest BCUT2D eigenvalue weighted by molar-refractivity contribution is 5.92. The van der Waals surface area contributed by atoms with E-state index in [0.717, 1.165) is 31.5 Å². The van der Waals surface area contributed by atoms with Crippen molar-refractivity contribution in [1.29, 1.82) is 0 Å². The van der Waals surface area contributed by atoms with Crippen LogP contribution in [-0.2, 0) is 6.54 Å². The van der Waals surface area contributed by atoms with Crippen molar-refractivity contribution < 1.29 is 9.59 Å². The SMILES string of the molecule is CCC(CC)C(CNC(=O)NCc1cccc(C(N)=O)c1)N1CCCC1. The molecule has 0 saturated carbocycles. The van der Waals surface area contributed by atoms with Crippen LogP contribution in [0.25, 0.3) is 0 Å². The van der Waals surface area contributed by atoms with Crippen LogP contribution in [0.3, 0.4) is 0 Å². The van der Waals surface area contributed by atoms with E-state index in [2.05, 4.69) is 29.4 Å². The second-order valence-electron chi connectivity index (χ2n) is 7.02. The second-order valence-corrected chi connectivity index (χ2v) is 7.02. The zero-order valence-electron chi connectivity index (χ0n) is 16.0. The van der Waals surface area contributed by atoms with Crippen LogP contribution in [0, 0.1) is 5.92 Å². The Bertz CT molecular complexity index is 593. The number of nitrogens with two attached hydrogens (primary N) is 1. The van der Waals surface area contributed by atoms with Gasteiger partial charge in [0, 0.05) is 24.7 Å². The highest BCUT2D eigenvalue weighted by Gasteiger charge is 2.27. The highest BCUT2D eigenvalue weighted by Crippen LogP contribution is 2.22. The predicted molar refractivity (Wildman–Crippen MR) is 104 cm³/mol. The molecule has 1 aliphatic heterocycles. The zero-order valence-corrected chi connectivity index (χ0v) is 16.0. The molecule has 3 amide bonds. The second kappa shape index (κ2) is 10.2. The number of benzene rings is 1. The summed E-state index contributed by atoms with van der Waals surface area (Å²) in [5, 5.41) is 5.90. The van der Waals surface area contributed by atoms with Gasteiger partial charge in [0.15, 0.2) is 0 Å². The number of nitrogens with zero attached hydrogens (tertiary/aromatic N) is 1. The summed E-state index contributed by atoms with van der Waals surface area (Å²) in [5.41, 5.74) is 6.60. The number of amides is 3. The fourth-order valence-electron chi connectivity index (χ4n) is 3.78. The lowest BCUT2D eigenvalue weighted by atomic mass is 9.93. The van der Waals surface area contributed by atoms with Crippen molar-refractivity contribution in [3.63, 3.8) is 0 Å². The van der Waals surface area contributed by atoms with E-state index < -0.39 is 5.91 Å². The van der Waals surface area contributed by atoms with Gasteiger partial charge in [-0.25, -0.2) is 4.79 Å². The molecule has 1 saturated heterocycles. The van der Waals surface area contributed by atoms with E-state index in [0.29, 0.717) is 30.6 Å². The summed E-state index contributed by atoms with van der Waals surface area (Å²) >= 11 is 0. The fourth-order valence-corrected chi connectivity index (χ4v) is 3.78. The summed E-state index contributed by atoms with van der Waals surface area (Å²) in [4.78, 5) is 26.0. The van der Waals surface area contributed by atoms with Gasteiger partial charge in [-0.1, -0.05) is 38.8 Å². The monoisotopic (exact) mass is 360 g/mol. The van der Waals surface area contributed by atoms with E-state index >= 15 is 0 Å². The van der Waals surface area contributed by atoms with Gasteiger partial charge in [0.1, 0.15) is 0 Å². The standard InChI is InChI=1S/C20H32N4O2/c1-3-16(4-2)18(24-10-5-6-11-24)14-23-20(26)22-13-15-8-7-9-17(12-15)19(21)25/h7-9,12,16,18H,3-6,10-11,13-14H2,1-2H3,(H2,21,25)(H2,22,23,26). The number of primary amides is 1. The van der Waals surface area contributed by atoms with Crippen molar-refractivity contribution in [3.05, 3.63) is 35.4 Å². The first-order valence-corrected chi connectivity index (χ1v) is 9.69. The summed E-state index contributed by atoms with van der Waals surface area (Å²) < 4.78 is 0. The molecule has 2 rings (SSSR count). The molecule has 1 unspecified atom stereocenters. The number of carbonyl (C=O) groups excluding carboxylic acids is 2. The molecule has 1 fully saturated rings. The number of likely N-dealkylation sites (tertiary alicyclic amines) is 1. The van der Waals surface area contributed by atoms with Crippen molar-refractivity contribution in [1.82, 2.24) is 15.5 Å². The maximum absolute atomic E-state index is 12.2. The Morgan fingerprint density at radius 3 is 2.46 bits per heavy atom. The lowest BCUT2D eigenvalue weighted by molar-refractivity contribution is 0.1000. The first kappa shape index (κ1) is 20.2. The molecule has 0 radical (unpaired) electrons.